The summed E-state index contributed by atoms with van der Waals surface area (Å²) in [5.41, 5.74) is 0.346. The normalized spacial score (nSPS) is 13.4. The minimum atomic E-state index is -0.367. The number of rotatable bonds is 2. The summed E-state index contributed by atoms with van der Waals surface area (Å²) in [6, 6.07) is 5.15. The van der Waals surface area contributed by atoms with Crippen LogP contribution in [-0.4, -0.2) is 36.1 Å². The molecule has 5 nitrogen and oxygen atoms in total. The highest BCUT2D eigenvalue weighted by molar-refractivity contribution is 9.10. The van der Waals surface area contributed by atoms with Gasteiger partial charge in [0.15, 0.2) is 0 Å². The molecule has 1 aliphatic heterocycles. The number of halogens is 2. The maximum atomic E-state index is 11.5. The predicted octanol–water partition coefficient (Wildman–Crippen LogP) is 6.10. The summed E-state index contributed by atoms with van der Waals surface area (Å²) < 4.78 is 6.04. The molecule has 1 heterocycles. The van der Waals surface area contributed by atoms with Gasteiger partial charge in [-0.1, -0.05) is 25.4 Å². The Morgan fingerprint density at radius 3 is 2.27 bits per heavy atom. The quantitative estimate of drug-likeness (QED) is 0.555. The molecule has 1 N–H and O–H groups in total. The van der Waals surface area contributed by atoms with Crippen molar-refractivity contribution in [3.8, 4) is 0 Å². The molecular formula is C19H30BrClN2O3. The van der Waals surface area contributed by atoms with Crippen molar-refractivity contribution >= 4 is 45.7 Å². The fraction of sp³-hybridized carbons (Fsp3) is 0.579. The Morgan fingerprint density at radius 2 is 1.81 bits per heavy atom. The third-order valence-electron chi connectivity index (χ3n) is 3.15. The monoisotopic (exact) mass is 448 g/mol. The number of piperidine rings is 1. The zero-order valence-corrected chi connectivity index (χ0v) is 18.6. The predicted molar refractivity (Wildman–Crippen MR) is 112 cm³/mol. The van der Waals surface area contributed by atoms with Crippen LogP contribution in [0.3, 0.4) is 0 Å². The molecule has 1 aromatic rings. The van der Waals surface area contributed by atoms with Crippen LogP contribution in [0.15, 0.2) is 22.7 Å². The van der Waals surface area contributed by atoms with Crippen molar-refractivity contribution in [2.75, 3.05) is 18.4 Å². The molecule has 1 aliphatic rings. The van der Waals surface area contributed by atoms with E-state index in [1.165, 1.54) is 6.42 Å². The van der Waals surface area contributed by atoms with Crippen LogP contribution in [0.4, 0.5) is 10.5 Å². The van der Waals surface area contributed by atoms with Crippen molar-refractivity contribution in [1.29, 1.82) is 0 Å². The van der Waals surface area contributed by atoms with Gasteiger partial charge in [-0.2, -0.15) is 0 Å². The van der Waals surface area contributed by atoms with Gasteiger partial charge < -0.3 is 15.0 Å². The first-order chi connectivity index (χ1) is 12.2. The molecule has 2 rings (SSSR count). The van der Waals surface area contributed by atoms with Gasteiger partial charge >= 0.3 is 6.09 Å². The van der Waals surface area contributed by atoms with E-state index < -0.39 is 0 Å². The van der Waals surface area contributed by atoms with E-state index in [1.807, 2.05) is 34.6 Å². The molecule has 0 atom stereocenters. The number of carbonyl (C=O) groups is 2. The fourth-order valence-electron chi connectivity index (χ4n) is 2.07. The molecule has 1 fully saturated rings. The van der Waals surface area contributed by atoms with Crippen LogP contribution in [0.5, 0.6) is 0 Å². The van der Waals surface area contributed by atoms with Crippen molar-refractivity contribution in [2.24, 2.45) is 0 Å². The number of hydrogen-bond acceptors (Lipinski definition) is 3. The molecule has 0 unspecified atom stereocenters. The van der Waals surface area contributed by atoms with E-state index in [1.54, 1.807) is 23.1 Å². The second kappa shape index (κ2) is 13.0. The van der Waals surface area contributed by atoms with Crippen LogP contribution in [-0.2, 0) is 9.53 Å². The maximum absolute atomic E-state index is 11.5. The largest absolute Gasteiger partial charge is 0.444 e. The highest BCUT2D eigenvalue weighted by atomic mass is 79.9. The zero-order valence-electron chi connectivity index (χ0n) is 16.3. The first-order valence-corrected chi connectivity index (χ1v) is 10.0. The summed E-state index contributed by atoms with van der Waals surface area (Å²) in [5, 5.41) is 3.15. The smallest absolute Gasteiger partial charge is 0.410 e. The number of benzene rings is 1. The highest BCUT2D eigenvalue weighted by Gasteiger charge is 2.22. The van der Waals surface area contributed by atoms with Gasteiger partial charge in [-0.05, 0) is 74.2 Å². The molecule has 26 heavy (non-hydrogen) atoms. The second-order valence-electron chi connectivity index (χ2n) is 6.41. The van der Waals surface area contributed by atoms with Crippen LogP contribution in [0.2, 0.25) is 5.02 Å². The minimum Gasteiger partial charge on any atom is -0.444 e. The SMILES string of the molecule is CC.CC(C)(C)OC(=O)N1CCCCC1.O=CNc1ccc(Cl)cc1Br. The molecular weight excluding hydrogens is 420 g/mol. The summed E-state index contributed by atoms with van der Waals surface area (Å²) in [7, 11) is 0. The molecule has 2 amide bonds. The van der Waals surface area contributed by atoms with E-state index in [0.29, 0.717) is 17.1 Å². The van der Waals surface area contributed by atoms with E-state index in [9.17, 15) is 9.59 Å². The van der Waals surface area contributed by atoms with Gasteiger partial charge in [0.05, 0.1) is 5.69 Å². The van der Waals surface area contributed by atoms with Crippen LogP contribution in [0.25, 0.3) is 0 Å². The average molecular weight is 450 g/mol. The topological polar surface area (TPSA) is 58.6 Å². The van der Waals surface area contributed by atoms with Crippen molar-refractivity contribution in [1.82, 2.24) is 4.90 Å². The Labute approximate surface area is 170 Å². The maximum Gasteiger partial charge on any atom is 0.410 e. The molecule has 148 valence electrons. The number of anilines is 1. The third kappa shape index (κ3) is 10.7. The van der Waals surface area contributed by atoms with E-state index in [0.717, 1.165) is 30.4 Å². The van der Waals surface area contributed by atoms with Gasteiger partial charge in [-0.3, -0.25) is 4.79 Å². The molecule has 0 aromatic heterocycles. The standard InChI is InChI=1S/C10H19NO2.C7H5BrClNO.C2H6/c1-10(2,3)13-9(12)11-7-5-4-6-8-11;8-6-3-5(9)1-2-7(6)10-4-11;1-2/h4-8H2,1-3H3;1-4H,(H,10,11);1-2H3. The Hall–Kier alpha value is -1.27. The molecule has 0 bridgehead atoms. The van der Waals surface area contributed by atoms with Gasteiger partial charge in [0.2, 0.25) is 6.41 Å². The van der Waals surface area contributed by atoms with E-state index in [-0.39, 0.29) is 11.7 Å². The Kier molecular flexibility index (Phi) is 12.3. The molecule has 1 saturated heterocycles. The van der Waals surface area contributed by atoms with Crippen molar-refractivity contribution in [3.05, 3.63) is 27.7 Å². The van der Waals surface area contributed by atoms with Crippen LogP contribution in [0, 0.1) is 0 Å². The number of ether oxygens (including phenoxy) is 1. The molecule has 0 radical (unpaired) electrons. The molecule has 1 aromatic carbocycles. The van der Waals surface area contributed by atoms with E-state index in [2.05, 4.69) is 21.2 Å². The molecule has 0 saturated carbocycles. The highest BCUT2D eigenvalue weighted by Crippen LogP contribution is 2.25. The lowest BCUT2D eigenvalue weighted by Gasteiger charge is -2.29. The average Bonchev–Trinajstić information content (AvgIpc) is 2.59. The number of nitrogens with zero attached hydrogens (tertiary/aromatic N) is 1. The first-order valence-electron chi connectivity index (χ1n) is 8.86. The Balaban J connectivity index is 0.000000444. The van der Waals surface area contributed by atoms with Crippen molar-refractivity contribution < 1.29 is 14.3 Å². The fourth-order valence-corrected chi connectivity index (χ4v) is 2.87. The first kappa shape index (κ1) is 24.7. The summed E-state index contributed by atoms with van der Waals surface area (Å²) >= 11 is 8.91. The summed E-state index contributed by atoms with van der Waals surface area (Å²) in [4.78, 5) is 23.4. The number of hydrogen-bond donors (Lipinski definition) is 1. The van der Waals surface area contributed by atoms with Crippen LogP contribution < -0.4 is 5.32 Å². The second-order valence-corrected chi connectivity index (χ2v) is 7.71. The van der Waals surface area contributed by atoms with E-state index in [4.69, 9.17) is 16.3 Å². The van der Waals surface area contributed by atoms with Gasteiger partial charge in [0.25, 0.3) is 0 Å². The summed E-state index contributed by atoms with van der Waals surface area (Å²) in [6.45, 7) is 11.4. The molecule has 7 heteroatoms. The van der Waals surface area contributed by atoms with E-state index >= 15 is 0 Å². The van der Waals surface area contributed by atoms with Gasteiger partial charge in [-0.15, -0.1) is 0 Å². The lowest BCUT2D eigenvalue weighted by molar-refractivity contribution is -0.105. The van der Waals surface area contributed by atoms with Crippen LogP contribution in [0.1, 0.15) is 53.9 Å². The van der Waals surface area contributed by atoms with Gasteiger partial charge in [0.1, 0.15) is 5.60 Å². The lowest BCUT2D eigenvalue weighted by Crippen LogP contribution is -2.39. The molecule has 0 aliphatic carbocycles. The summed E-state index contributed by atoms with van der Waals surface area (Å²) in [6.07, 6.45) is 3.92. The molecule has 0 spiro atoms. The number of amides is 2. The number of carbonyl (C=O) groups excluding carboxylic acids is 2. The van der Waals surface area contributed by atoms with Crippen LogP contribution >= 0.6 is 27.5 Å². The van der Waals surface area contributed by atoms with Gasteiger partial charge in [0, 0.05) is 22.6 Å². The summed E-state index contributed by atoms with van der Waals surface area (Å²) in [5.74, 6) is 0. The van der Waals surface area contributed by atoms with Crippen molar-refractivity contribution in [3.63, 3.8) is 0 Å². The van der Waals surface area contributed by atoms with Gasteiger partial charge in [-0.25, -0.2) is 4.79 Å². The van der Waals surface area contributed by atoms with Crippen molar-refractivity contribution in [2.45, 2.75) is 59.5 Å². The minimum absolute atomic E-state index is 0.160. The third-order valence-corrected chi connectivity index (χ3v) is 4.04. The Morgan fingerprint density at radius 1 is 1.23 bits per heavy atom. The zero-order chi connectivity index (χ0) is 20.2. The number of likely N-dealkylation sites (tertiary alicyclic amines) is 1. The lowest BCUT2D eigenvalue weighted by atomic mass is 10.1. The Bertz CT molecular complexity index is 556. The number of nitrogens with one attached hydrogen (secondary N) is 1.